The number of nitrogens with zero attached hydrogens (tertiary/aromatic N) is 2. The zero-order chi connectivity index (χ0) is 17.8. The van der Waals surface area contributed by atoms with Gasteiger partial charge in [-0.25, -0.2) is 0 Å². The lowest BCUT2D eigenvalue weighted by Crippen LogP contribution is -2.38. The second-order valence-electron chi connectivity index (χ2n) is 7.75. The van der Waals surface area contributed by atoms with Crippen molar-refractivity contribution in [3.05, 3.63) is 59.7 Å². The maximum Gasteiger partial charge on any atom is 0.0471 e. The minimum absolute atomic E-state index is 0. The number of likely N-dealkylation sites (tertiary alicyclic amines) is 1. The van der Waals surface area contributed by atoms with E-state index in [4.69, 9.17) is 0 Å². The fourth-order valence-electron chi connectivity index (χ4n) is 4.57. The number of para-hydroxylation sites is 2. The Bertz CT molecular complexity index is 688. The molecular formula is C23H31ClN2O. The molecule has 0 bridgehead atoms. The number of aryl methyl sites for hydroxylation is 2. The highest BCUT2D eigenvalue weighted by molar-refractivity contribution is 5.85. The Balaban J connectivity index is 0.00000210. The van der Waals surface area contributed by atoms with E-state index in [1.807, 2.05) is 0 Å². The molecule has 0 aliphatic carbocycles. The molecule has 2 aliphatic rings. The van der Waals surface area contributed by atoms with E-state index in [0.29, 0.717) is 12.5 Å². The van der Waals surface area contributed by atoms with Crippen LogP contribution >= 0.6 is 12.4 Å². The molecule has 1 N–H and O–H groups in total. The smallest absolute Gasteiger partial charge is 0.0471 e. The first-order valence-electron chi connectivity index (χ1n) is 10.1. The second-order valence-corrected chi connectivity index (χ2v) is 7.75. The van der Waals surface area contributed by atoms with Gasteiger partial charge in [-0.2, -0.15) is 0 Å². The average molecular weight is 387 g/mol. The van der Waals surface area contributed by atoms with Gasteiger partial charge in [0.05, 0.1) is 0 Å². The molecular weight excluding hydrogens is 356 g/mol. The number of rotatable bonds is 5. The molecule has 2 heterocycles. The molecule has 0 aromatic heterocycles. The van der Waals surface area contributed by atoms with Gasteiger partial charge in [-0.3, -0.25) is 0 Å². The van der Waals surface area contributed by atoms with E-state index < -0.39 is 0 Å². The quantitative estimate of drug-likeness (QED) is 0.822. The largest absolute Gasteiger partial charge is 0.396 e. The molecule has 27 heavy (non-hydrogen) atoms. The molecule has 1 saturated heterocycles. The molecule has 4 rings (SSSR count). The van der Waals surface area contributed by atoms with Gasteiger partial charge in [0, 0.05) is 31.1 Å². The van der Waals surface area contributed by atoms with Crippen molar-refractivity contribution in [2.24, 2.45) is 5.92 Å². The maximum absolute atomic E-state index is 9.45. The molecule has 1 atom stereocenters. The second kappa shape index (κ2) is 9.59. The van der Waals surface area contributed by atoms with Gasteiger partial charge in [0.1, 0.15) is 0 Å². The minimum atomic E-state index is 0. The van der Waals surface area contributed by atoms with E-state index >= 15 is 0 Å². The number of fused-ring (bicyclic) bond motifs is 2. The molecule has 4 heteroatoms. The van der Waals surface area contributed by atoms with Crippen LogP contribution in [0.15, 0.2) is 48.5 Å². The van der Waals surface area contributed by atoms with Crippen LogP contribution in [0.4, 0.5) is 11.4 Å². The summed E-state index contributed by atoms with van der Waals surface area (Å²) in [4.78, 5) is 5.07. The monoisotopic (exact) mass is 386 g/mol. The average Bonchev–Trinajstić information content (AvgIpc) is 2.86. The minimum Gasteiger partial charge on any atom is -0.396 e. The molecule has 0 saturated carbocycles. The summed E-state index contributed by atoms with van der Waals surface area (Å²) in [6, 6.07) is 17.8. The normalized spacial score (nSPS) is 19.6. The SMILES string of the molecule is Cl.OCC1CCCN(CCCN2c3ccccc3CCc3ccccc32)C1. The summed E-state index contributed by atoms with van der Waals surface area (Å²) in [5.41, 5.74) is 5.68. The number of halogens is 1. The number of benzene rings is 2. The van der Waals surface area contributed by atoms with Gasteiger partial charge in [-0.05, 0) is 74.4 Å². The van der Waals surface area contributed by atoms with Crippen molar-refractivity contribution in [2.75, 3.05) is 37.7 Å². The Morgan fingerprint density at radius 2 is 1.52 bits per heavy atom. The van der Waals surface area contributed by atoms with E-state index in [1.54, 1.807) is 0 Å². The van der Waals surface area contributed by atoms with Gasteiger partial charge in [0.15, 0.2) is 0 Å². The number of hydrogen-bond donors (Lipinski definition) is 1. The van der Waals surface area contributed by atoms with Crippen LogP contribution in [0.25, 0.3) is 0 Å². The number of aliphatic hydroxyl groups is 1. The van der Waals surface area contributed by atoms with Gasteiger partial charge in [-0.1, -0.05) is 36.4 Å². The molecule has 146 valence electrons. The predicted molar refractivity (Wildman–Crippen MR) is 115 cm³/mol. The van der Waals surface area contributed by atoms with Gasteiger partial charge >= 0.3 is 0 Å². The Labute approximate surface area is 169 Å². The van der Waals surface area contributed by atoms with Gasteiger partial charge in [-0.15, -0.1) is 12.4 Å². The molecule has 0 radical (unpaired) electrons. The van der Waals surface area contributed by atoms with Crippen LogP contribution in [0.3, 0.4) is 0 Å². The fraction of sp³-hybridized carbons (Fsp3) is 0.478. The molecule has 1 unspecified atom stereocenters. The van der Waals surface area contributed by atoms with Crippen LogP contribution in [0, 0.1) is 5.92 Å². The molecule has 1 fully saturated rings. The summed E-state index contributed by atoms with van der Waals surface area (Å²) in [7, 11) is 0. The Morgan fingerprint density at radius 3 is 2.15 bits per heavy atom. The van der Waals surface area contributed by atoms with Crippen LogP contribution in [0.1, 0.15) is 30.4 Å². The molecule has 0 amide bonds. The third-order valence-electron chi connectivity index (χ3n) is 5.95. The molecule has 2 aliphatic heterocycles. The predicted octanol–water partition coefficient (Wildman–Crippen LogP) is 4.44. The van der Waals surface area contributed by atoms with Crippen LogP contribution in [0.2, 0.25) is 0 Å². The topological polar surface area (TPSA) is 26.7 Å². The van der Waals surface area contributed by atoms with Crippen molar-refractivity contribution in [1.29, 1.82) is 0 Å². The highest BCUT2D eigenvalue weighted by atomic mass is 35.5. The molecule has 2 aromatic carbocycles. The summed E-state index contributed by atoms with van der Waals surface area (Å²) in [5, 5.41) is 9.45. The standard InChI is InChI=1S/C23H30N2O.ClH/c26-18-19-7-5-14-24(17-19)15-6-16-25-22-10-3-1-8-20(22)12-13-21-9-2-4-11-23(21)25;/h1-4,8-11,19,26H,5-7,12-18H2;1H. The van der Waals surface area contributed by atoms with E-state index in [1.165, 1.54) is 41.9 Å². The Hall–Kier alpha value is -1.55. The summed E-state index contributed by atoms with van der Waals surface area (Å²) in [6.07, 6.45) is 5.79. The lowest BCUT2D eigenvalue weighted by molar-refractivity contribution is 0.120. The van der Waals surface area contributed by atoms with Crippen molar-refractivity contribution in [3.63, 3.8) is 0 Å². The molecule has 0 spiro atoms. The lowest BCUT2D eigenvalue weighted by Gasteiger charge is -2.33. The van der Waals surface area contributed by atoms with E-state index in [9.17, 15) is 5.11 Å². The van der Waals surface area contributed by atoms with Crippen molar-refractivity contribution in [3.8, 4) is 0 Å². The summed E-state index contributed by atoms with van der Waals surface area (Å²) in [6.45, 7) is 4.75. The molecule has 2 aromatic rings. The van der Waals surface area contributed by atoms with Gasteiger partial charge in [0.25, 0.3) is 0 Å². The number of anilines is 2. The van der Waals surface area contributed by atoms with E-state index in [0.717, 1.165) is 38.9 Å². The summed E-state index contributed by atoms with van der Waals surface area (Å²) >= 11 is 0. The zero-order valence-electron chi connectivity index (χ0n) is 16.0. The summed E-state index contributed by atoms with van der Waals surface area (Å²) < 4.78 is 0. The van der Waals surface area contributed by atoms with Crippen molar-refractivity contribution < 1.29 is 5.11 Å². The molecule has 3 nitrogen and oxygen atoms in total. The van der Waals surface area contributed by atoms with Gasteiger partial charge < -0.3 is 14.9 Å². The van der Waals surface area contributed by atoms with Crippen LogP contribution < -0.4 is 4.90 Å². The van der Waals surface area contributed by atoms with Crippen LogP contribution in [0.5, 0.6) is 0 Å². The Kier molecular flexibility index (Phi) is 7.17. The number of aliphatic hydroxyl groups excluding tert-OH is 1. The Morgan fingerprint density at radius 1 is 0.889 bits per heavy atom. The van der Waals surface area contributed by atoms with E-state index in [-0.39, 0.29) is 12.4 Å². The number of hydrogen-bond acceptors (Lipinski definition) is 3. The first kappa shape index (κ1) is 20.2. The van der Waals surface area contributed by atoms with Gasteiger partial charge in [0.2, 0.25) is 0 Å². The third kappa shape index (κ3) is 4.66. The van der Waals surface area contributed by atoms with Crippen LogP contribution in [-0.4, -0.2) is 42.8 Å². The van der Waals surface area contributed by atoms with Crippen LogP contribution in [-0.2, 0) is 12.8 Å². The summed E-state index contributed by atoms with van der Waals surface area (Å²) in [5.74, 6) is 0.475. The van der Waals surface area contributed by atoms with Crippen molar-refractivity contribution in [2.45, 2.75) is 32.1 Å². The fourth-order valence-corrected chi connectivity index (χ4v) is 4.57. The first-order chi connectivity index (χ1) is 12.8. The number of piperidine rings is 1. The third-order valence-corrected chi connectivity index (χ3v) is 5.95. The maximum atomic E-state index is 9.45. The lowest BCUT2D eigenvalue weighted by atomic mass is 9.99. The van der Waals surface area contributed by atoms with E-state index in [2.05, 4.69) is 58.3 Å². The highest BCUT2D eigenvalue weighted by Gasteiger charge is 2.21. The zero-order valence-corrected chi connectivity index (χ0v) is 16.8. The first-order valence-corrected chi connectivity index (χ1v) is 10.1. The van der Waals surface area contributed by atoms with Crippen molar-refractivity contribution >= 4 is 23.8 Å². The highest BCUT2D eigenvalue weighted by Crippen LogP contribution is 2.35. The van der Waals surface area contributed by atoms with Crippen molar-refractivity contribution in [1.82, 2.24) is 4.90 Å².